The van der Waals surface area contributed by atoms with Crippen molar-refractivity contribution in [3.63, 3.8) is 0 Å². The van der Waals surface area contributed by atoms with Gasteiger partial charge in [-0.25, -0.2) is 0 Å². The first-order valence-electron chi connectivity index (χ1n) is 9.02. The fourth-order valence-electron chi connectivity index (χ4n) is 4.17. The minimum atomic E-state index is 0.0558. The van der Waals surface area contributed by atoms with E-state index in [4.69, 9.17) is 12.2 Å². The molecule has 0 spiro atoms. The van der Waals surface area contributed by atoms with Gasteiger partial charge in [-0.3, -0.25) is 0 Å². The van der Waals surface area contributed by atoms with E-state index in [9.17, 15) is 5.11 Å². The highest BCUT2D eigenvalue weighted by Gasteiger charge is 2.30. The van der Waals surface area contributed by atoms with E-state index in [1.807, 2.05) is 0 Å². The fourth-order valence-corrected chi connectivity index (χ4v) is 4.55. The molecule has 24 heavy (non-hydrogen) atoms. The summed E-state index contributed by atoms with van der Waals surface area (Å²) in [7, 11) is 0. The lowest BCUT2D eigenvalue weighted by atomic mass is 9.95. The number of aliphatic hydroxyl groups is 1. The average molecular weight is 343 g/mol. The molecule has 1 fully saturated rings. The molecule has 2 aliphatic rings. The van der Waals surface area contributed by atoms with E-state index >= 15 is 0 Å². The van der Waals surface area contributed by atoms with Gasteiger partial charge in [0, 0.05) is 22.6 Å². The SMILES string of the molecule is OCC1Cc2c([nH]c3ccccc23)CN1C(=S)NC1CCCCC1. The maximum atomic E-state index is 9.91. The highest BCUT2D eigenvalue weighted by atomic mass is 32.1. The standard InChI is InChI=1S/C19H25N3OS/c23-12-14-10-16-15-8-4-5-9-17(15)21-18(16)11-22(14)19(24)20-13-6-2-1-3-7-13/h4-5,8-9,13-14,21,23H,1-3,6-7,10-12H2,(H,20,24). The van der Waals surface area contributed by atoms with Crippen molar-refractivity contribution in [3.05, 3.63) is 35.5 Å². The van der Waals surface area contributed by atoms with Gasteiger partial charge in [0.05, 0.1) is 19.2 Å². The second-order valence-electron chi connectivity index (χ2n) is 7.08. The third-order valence-corrected chi connectivity index (χ3v) is 5.87. The Balaban J connectivity index is 1.56. The molecular weight excluding hydrogens is 318 g/mol. The van der Waals surface area contributed by atoms with Gasteiger partial charge in [-0.05, 0) is 43.1 Å². The Morgan fingerprint density at radius 2 is 2.04 bits per heavy atom. The van der Waals surface area contributed by atoms with Crippen molar-refractivity contribution in [2.75, 3.05) is 6.61 Å². The van der Waals surface area contributed by atoms with E-state index in [1.165, 1.54) is 54.3 Å². The average Bonchev–Trinajstić information content (AvgIpc) is 2.99. The summed E-state index contributed by atoms with van der Waals surface area (Å²) in [5, 5.41) is 15.5. The summed E-state index contributed by atoms with van der Waals surface area (Å²) < 4.78 is 0. The molecule has 1 aromatic carbocycles. The van der Waals surface area contributed by atoms with Gasteiger partial charge in [-0.2, -0.15) is 0 Å². The van der Waals surface area contributed by atoms with Crippen LogP contribution in [0.15, 0.2) is 24.3 Å². The maximum absolute atomic E-state index is 9.91. The lowest BCUT2D eigenvalue weighted by molar-refractivity contribution is 0.162. The quantitative estimate of drug-likeness (QED) is 0.734. The molecule has 2 heterocycles. The number of thiocarbonyl (C=S) groups is 1. The van der Waals surface area contributed by atoms with Crippen LogP contribution >= 0.6 is 12.2 Å². The van der Waals surface area contributed by atoms with Gasteiger partial charge in [0.25, 0.3) is 0 Å². The first kappa shape index (κ1) is 15.9. The zero-order chi connectivity index (χ0) is 16.5. The zero-order valence-corrected chi connectivity index (χ0v) is 14.7. The molecule has 5 heteroatoms. The Morgan fingerprint density at radius 1 is 1.25 bits per heavy atom. The Kier molecular flexibility index (Phi) is 4.46. The maximum Gasteiger partial charge on any atom is 0.169 e. The molecule has 4 nitrogen and oxygen atoms in total. The molecule has 1 atom stereocenters. The van der Waals surface area contributed by atoms with Crippen LogP contribution in [0, 0.1) is 0 Å². The predicted octanol–water partition coefficient (Wildman–Crippen LogP) is 3.09. The predicted molar refractivity (Wildman–Crippen MR) is 101 cm³/mol. The molecule has 1 unspecified atom stereocenters. The molecule has 0 radical (unpaired) electrons. The van der Waals surface area contributed by atoms with Crippen molar-refractivity contribution in [3.8, 4) is 0 Å². The number of aromatic amines is 1. The number of rotatable bonds is 2. The molecule has 0 amide bonds. The van der Waals surface area contributed by atoms with E-state index in [0.717, 1.165) is 18.1 Å². The Bertz CT molecular complexity index is 735. The molecule has 3 N–H and O–H groups in total. The lowest BCUT2D eigenvalue weighted by Gasteiger charge is -2.38. The van der Waals surface area contributed by atoms with E-state index in [0.29, 0.717) is 6.04 Å². The van der Waals surface area contributed by atoms with Crippen molar-refractivity contribution in [2.24, 2.45) is 0 Å². The number of aromatic nitrogens is 1. The van der Waals surface area contributed by atoms with Crippen molar-refractivity contribution >= 4 is 28.2 Å². The monoisotopic (exact) mass is 343 g/mol. The summed E-state index contributed by atoms with van der Waals surface area (Å²) in [6.07, 6.45) is 7.16. The summed E-state index contributed by atoms with van der Waals surface area (Å²) in [4.78, 5) is 5.71. The van der Waals surface area contributed by atoms with Gasteiger partial charge in [-0.1, -0.05) is 37.5 Å². The highest BCUT2D eigenvalue weighted by Crippen LogP contribution is 2.30. The van der Waals surface area contributed by atoms with Crippen LogP contribution in [0.5, 0.6) is 0 Å². The molecule has 1 aliphatic heterocycles. The zero-order valence-electron chi connectivity index (χ0n) is 13.9. The van der Waals surface area contributed by atoms with Crippen LogP contribution in [-0.4, -0.2) is 38.8 Å². The Hall–Kier alpha value is -1.59. The van der Waals surface area contributed by atoms with Crippen LogP contribution in [0.1, 0.15) is 43.4 Å². The van der Waals surface area contributed by atoms with Crippen LogP contribution in [0.4, 0.5) is 0 Å². The Labute approximate surface area is 148 Å². The van der Waals surface area contributed by atoms with Crippen LogP contribution in [0.2, 0.25) is 0 Å². The summed E-state index contributed by atoms with van der Waals surface area (Å²) in [6.45, 7) is 0.874. The fraction of sp³-hybridized carbons (Fsp3) is 0.526. The number of H-pyrrole nitrogens is 1. The highest BCUT2D eigenvalue weighted by molar-refractivity contribution is 7.80. The topological polar surface area (TPSA) is 51.3 Å². The summed E-state index contributed by atoms with van der Waals surface area (Å²) >= 11 is 5.70. The minimum Gasteiger partial charge on any atom is -0.394 e. The number of nitrogens with one attached hydrogen (secondary N) is 2. The molecule has 1 saturated carbocycles. The van der Waals surface area contributed by atoms with Gasteiger partial charge >= 0.3 is 0 Å². The molecule has 4 rings (SSSR count). The summed E-state index contributed by atoms with van der Waals surface area (Å²) in [5.74, 6) is 0. The molecule has 1 aromatic heterocycles. The normalized spacial score (nSPS) is 21.7. The number of hydrogen-bond acceptors (Lipinski definition) is 2. The smallest absolute Gasteiger partial charge is 0.169 e. The summed E-state index contributed by atoms with van der Waals surface area (Å²) in [6, 6.07) is 8.96. The number of aliphatic hydroxyl groups excluding tert-OH is 1. The molecular formula is C19H25N3OS. The van der Waals surface area contributed by atoms with Gasteiger partial charge < -0.3 is 20.3 Å². The summed E-state index contributed by atoms with van der Waals surface area (Å²) in [5.41, 5.74) is 3.74. The van der Waals surface area contributed by atoms with E-state index in [1.54, 1.807) is 0 Å². The third kappa shape index (κ3) is 2.91. The van der Waals surface area contributed by atoms with Crippen molar-refractivity contribution < 1.29 is 5.11 Å². The van der Waals surface area contributed by atoms with Gasteiger partial charge in [-0.15, -0.1) is 0 Å². The second kappa shape index (κ2) is 6.73. The van der Waals surface area contributed by atoms with E-state index in [-0.39, 0.29) is 12.6 Å². The molecule has 0 saturated heterocycles. The van der Waals surface area contributed by atoms with Crippen molar-refractivity contribution in [1.29, 1.82) is 0 Å². The van der Waals surface area contributed by atoms with Crippen LogP contribution in [-0.2, 0) is 13.0 Å². The molecule has 2 aromatic rings. The van der Waals surface area contributed by atoms with Crippen molar-refractivity contribution in [1.82, 2.24) is 15.2 Å². The van der Waals surface area contributed by atoms with Crippen LogP contribution in [0.25, 0.3) is 10.9 Å². The molecule has 0 bridgehead atoms. The molecule has 1 aliphatic carbocycles. The van der Waals surface area contributed by atoms with E-state index in [2.05, 4.69) is 39.5 Å². The molecule has 128 valence electrons. The van der Waals surface area contributed by atoms with Crippen LogP contribution in [0.3, 0.4) is 0 Å². The van der Waals surface area contributed by atoms with Crippen molar-refractivity contribution in [2.45, 2.75) is 57.2 Å². The third-order valence-electron chi connectivity index (χ3n) is 5.52. The van der Waals surface area contributed by atoms with E-state index < -0.39 is 0 Å². The minimum absolute atomic E-state index is 0.0558. The van der Waals surface area contributed by atoms with Crippen LogP contribution < -0.4 is 5.32 Å². The first-order chi connectivity index (χ1) is 11.8. The number of para-hydroxylation sites is 1. The number of fused-ring (bicyclic) bond motifs is 3. The van der Waals surface area contributed by atoms with Gasteiger partial charge in [0.1, 0.15) is 0 Å². The lowest BCUT2D eigenvalue weighted by Crippen LogP contribution is -2.52. The number of benzene rings is 1. The first-order valence-corrected chi connectivity index (χ1v) is 9.43. The second-order valence-corrected chi connectivity index (χ2v) is 7.47. The van der Waals surface area contributed by atoms with Gasteiger partial charge in [0.2, 0.25) is 0 Å². The largest absolute Gasteiger partial charge is 0.394 e. The Morgan fingerprint density at radius 3 is 2.83 bits per heavy atom. The van der Waals surface area contributed by atoms with Gasteiger partial charge in [0.15, 0.2) is 5.11 Å². The number of hydrogen-bond donors (Lipinski definition) is 3. The number of nitrogens with zero attached hydrogens (tertiary/aromatic N) is 1.